The maximum absolute atomic E-state index is 4.59. The van der Waals surface area contributed by atoms with Crippen LogP contribution >= 0.6 is 12.8 Å². The van der Waals surface area contributed by atoms with Crippen LogP contribution in [0, 0.1) is 0 Å². The topological polar surface area (TPSA) is 16.1 Å². The van der Waals surface area contributed by atoms with Gasteiger partial charge in [0.2, 0.25) is 0 Å². The van der Waals surface area contributed by atoms with Crippen LogP contribution in [-0.2, 0) is 6.54 Å². The molecule has 3 heteroatoms. The Balaban J connectivity index is 2.29. The zero-order valence-corrected chi connectivity index (χ0v) is 10.1. The summed E-state index contributed by atoms with van der Waals surface area (Å²) in [5.74, 6) is 0. The second-order valence-corrected chi connectivity index (χ2v) is 4.38. The van der Waals surface area contributed by atoms with Crippen LogP contribution in [0.4, 0.5) is 0 Å². The molecule has 0 aliphatic carbocycles. The SMILES string of the molecule is CN(S)Cc1cccc(-c2ccccc2)n1. The highest BCUT2D eigenvalue weighted by Gasteiger charge is 2.01. The van der Waals surface area contributed by atoms with Gasteiger partial charge in [0.05, 0.1) is 17.9 Å². The van der Waals surface area contributed by atoms with E-state index in [4.69, 9.17) is 0 Å². The lowest BCUT2D eigenvalue weighted by atomic mass is 10.1. The lowest BCUT2D eigenvalue weighted by Crippen LogP contribution is -2.06. The molecule has 0 aliphatic rings. The molecule has 1 aromatic carbocycles. The highest BCUT2D eigenvalue weighted by atomic mass is 32.1. The fraction of sp³-hybridized carbons (Fsp3) is 0.154. The van der Waals surface area contributed by atoms with Crippen molar-refractivity contribution in [1.82, 2.24) is 9.29 Å². The van der Waals surface area contributed by atoms with Gasteiger partial charge < -0.3 is 0 Å². The maximum atomic E-state index is 4.59. The summed E-state index contributed by atoms with van der Waals surface area (Å²) in [5, 5.41) is 0. The van der Waals surface area contributed by atoms with Crippen molar-refractivity contribution >= 4 is 12.8 Å². The summed E-state index contributed by atoms with van der Waals surface area (Å²) >= 11 is 4.22. The minimum atomic E-state index is 0.740. The van der Waals surface area contributed by atoms with Gasteiger partial charge in [0, 0.05) is 5.56 Å². The van der Waals surface area contributed by atoms with Crippen LogP contribution in [0.5, 0.6) is 0 Å². The third kappa shape index (κ3) is 2.84. The number of thiol groups is 1. The van der Waals surface area contributed by atoms with Gasteiger partial charge in [-0.25, -0.2) is 0 Å². The fourth-order valence-electron chi connectivity index (χ4n) is 1.57. The number of benzene rings is 1. The van der Waals surface area contributed by atoms with E-state index in [1.165, 1.54) is 0 Å². The van der Waals surface area contributed by atoms with E-state index < -0.39 is 0 Å². The number of rotatable bonds is 3. The minimum absolute atomic E-state index is 0.740. The largest absolute Gasteiger partial charge is 0.251 e. The summed E-state index contributed by atoms with van der Waals surface area (Å²) < 4.78 is 1.82. The molecule has 0 saturated heterocycles. The molecule has 82 valence electrons. The van der Waals surface area contributed by atoms with E-state index in [0.717, 1.165) is 23.5 Å². The summed E-state index contributed by atoms with van der Waals surface area (Å²) in [4.78, 5) is 4.59. The van der Waals surface area contributed by atoms with E-state index in [0.29, 0.717) is 0 Å². The normalized spacial score (nSPS) is 10.7. The lowest BCUT2D eigenvalue weighted by Gasteiger charge is -2.08. The zero-order chi connectivity index (χ0) is 11.4. The average molecular weight is 230 g/mol. The summed E-state index contributed by atoms with van der Waals surface area (Å²) in [5.41, 5.74) is 3.18. The predicted molar refractivity (Wildman–Crippen MR) is 70.1 cm³/mol. The molecule has 2 aromatic rings. The Morgan fingerprint density at radius 3 is 2.50 bits per heavy atom. The van der Waals surface area contributed by atoms with Gasteiger partial charge in [-0.1, -0.05) is 49.2 Å². The van der Waals surface area contributed by atoms with Crippen LogP contribution in [0.15, 0.2) is 48.5 Å². The Kier molecular flexibility index (Phi) is 3.59. The Hall–Kier alpha value is -1.32. The first kappa shape index (κ1) is 11.2. The quantitative estimate of drug-likeness (QED) is 0.816. The van der Waals surface area contributed by atoms with Gasteiger partial charge in [0.1, 0.15) is 0 Å². The zero-order valence-electron chi connectivity index (χ0n) is 9.17. The molecule has 0 N–H and O–H groups in total. The Bertz CT molecular complexity index is 454. The Morgan fingerprint density at radius 1 is 1.06 bits per heavy atom. The number of hydrogen-bond acceptors (Lipinski definition) is 3. The molecular formula is C13H14N2S. The number of aromatic nitrogens is 1. The molecule has 1 aromatic heterocycles. The van der Waals surface area contributed by atoms with Crippen LogP contribution in [0.2, 0.25) is 0 Å². The highest BCUT2D eigenvalue weighted by molar-refractivity contribution is 7.77. The van der Waals surface area contributed by atoms with Crippen molar-refractivity contribution in [2.24, 2.45) is 0 Å². The molecule has 0 saturated carbocycles. The molecule has 0 amide bonds. The summed E-state index contributed by atoms with van der Waals surface area (Å²) in [6, 6.07) is 16.3. The third-order valence-electron chi connectivity index (χ3n) is 2.27. The molecule has 0 spiro atoms. The summed E-state index contributed by atoms with van der Waals surface area (Å²) in [6.45, 7) is 0.740. The first-order chi connectivity index (χ1) is 7.75. The fourth-order valence-corrected chi connectivity index (χ4v) is 1.72. The predicted octanol–water partition coefficient (Wildman–Crippen LogP) is 3.03. The van der Waals surface area contributed by atoms with Crippen molar-refractivity contribution in [3.8, 4) is 11.3 Å². The Morgan fingerprint density at radius 2 is 1.81 bits per heavy atom. The van der Waals surface area contributed by atoms with Gasteiger partial charge in [-0.3, -0.25) is 9.29 Å². The minimum Gasteiger partial charge on any atom is -0.251 e. The molecule has 0 aliphatic heterocycles. The van der Waals surface area contributed by atoms with Gasteiger partial charge in [0.15, 0.2) is 0 Å². The molecular weight excluding hydrogens is 216 g/mol. The Labute approximate surface area is 101 Å². The molecule has 2 rings (SSSR count). The van der Waals surface area contributed by atoms with Crippen LogP contribution < -0.4 is 0 Å². The van der Waals surface area contributed by atoms with E-state index in [1.807, 2.05) is 47.8 Å². The number of nitrogens with zero attached hydrogens (tertiary/aromatic N) is 2. The standard InChI is InChI=1S/C13H14N2S/c1-15(16)10-12-8-5-9-13(14-12)11-6-3-2-4-7-11/h2-9,16H,10H2,1H3. The number of pyridine rings is 1. The first-order valence-electron chi connectivity index (χ1n) is 5.17. The van der Waals surface area contributed by atoms with Gasteiger partial charge in [-0.2, -0.15) is 0 Å². The van der Waals surface area contributed by atoms with Crippen molar-refractivity contribution in [3.05, 3.63) is 54.2 Å². The van der Waals surface area contributed by atoms with Crippen LogP contribution in [0.1, 0.15) is 5.69 Å². The van der Waals surface area contributed by atoms with E-state index in [-0.39, 0.29) is 0 Å². The number of hydrogen-bond donors (Lipinski definition) is 1. The van der Waals surface area contributed by atoms with Crippen molar-refractivity contribution in [1.29, 1.82) is 0 Å². The monoisotopic (exact) mass is 230 g/mol. The smallest absolute Gasteiger partial charge is 0.0705 e. The average Bonchev–Trinajstić information content (AvgIpc) is 2.30. The molecule has 0 atom stereocenters. The molecule has 1 heterocycles. The van der Waals surface area contributed by atoms with Crippen molar-refractivity contribution in [2.75, 3.05) is 7.05 Å². The van der Waals surface area contributed by atoms with Crippen LogP contribution in [0.3, 0.4) is 0 Å². The van der Waals surface area contributed by atoms with Crippen LogP contribution in [-0.4, -0.2) is 16.3 Å². The molecule has 16 heavy (non-hydrogen) atoms. The van der Waals surface area contributed by atoms with Gasteiger partial charge in [0.25, 0.3) is 0 Å². The van der Waals surface area contributed by atoms with Crippen molar-refractivity contribution in [3.63, 3.8) is 0 Å². The van der Waals surface area contributed by atoms with E-state index in [1.54, 1.807) is 0 Å². The second-order valence-electron chi connectivity index (χ2n) is 3.70. The van der Waals surface area contributed by atoms with E-state index in [2.05, 4.69) is 29.9 Å². The molecule has 0 unspecified atom stereocenters. The van der Waals surface area contributed by atoms with Crippen LogP contribution in [0.25, 0.3) is 11.3 Å². The maximum Gasteiger partial charge on any atom is 0.0705 e. The third-order valence-corrected chi connectivity index (χ3v) is 2.41. The van der Waals surface area contributed by atoms with E-state index >= 15 is 0 Å². The second kappa shape index (κ2) is 5.14. The summed E-state index contributed by atoms with van der Waals surface area (Å²) in [7, 11) is 1.92. The van der Waals surface area contributed by atoms with Gasteiger partial charge >= 0.3 is 0 Å². The molecule has 0 radical (unpaired) electrons. The molecule has 2 nitrogen and oxygen atoms in total. The first-order valence-corrected chi connectivity index (χ1v) is 5.57. The van der Waals surface area contributed by atoms with Crippen molar-refractivity contribution < 1.29 is 0 Å². The van der Waals surface area contributed by atoms with Gasteiger partial charge in [-0.15, -0.1) is 0 Å². The van der Waals surface area contributed by atoms with Gasteiger partial charge in [-0.05, 0) is 19.2 Å². The highest BCUT2D eigenvalue weighted by Crippen LogP contribution is 2.16. The molecule has 0 fully saturated rings. The van der Waals surface area contributed by atoms with Crippen molar-refractivity contribution in [2.45, 2.75) is 6.54 Å². The van der Waals surface area contributed by atoms with E-state index in [9.17, 15) is 0 Å². The lowest BCUT2D eigenvalue weighted by molar-refractivity contribution is 0.562. The summed E-state index contributed by atoms with van der Waals surface area (Å²) in [6.07, 6.45) is 0. The molecule has 0 bridgehead atoms.